The van der Waals surface area contributed by atoms with E-state index in [0.29, 0.717) is 11.7 Å². The zero-order chi connectivity index (χ0) is 32.1. The molecule has 3 aliphatic rings. The van der Waals surface area contributed by atoms with Gasteiger partial charge in [0.05, 0.1) is 16.8 Å². The fraction of sp³-hybridized carbons (Fsp3) is 0.595. The van der Waals surface area contributed by atoms with Crippen molar-refractivity contribution >= 4 is 16.8 Å². The Kier molecular flexibility index (Phi) is 14.9. The number of hydrogen-bond donors (Lipinski definition) is 1. The molecule has 2 aromatic carbocycles. The molecule has 3 aromatic rings. The molecule has 259 valence electrons. The number of benzene rings is 2. The van der Waals surface area contributed by atoms with Crippen LogP contribution in [0, 0.1) is 56.4 Å². The van der Waals surface area contributed by atoms with Crippen molar-refractivity contribution in [2.24, 2.45) is 29.6 Å². The summed E-state index contributed by atoms with van der Waals surface area (Å²) in [7, 11) is 0. The van der Waals surface area contributed by atoms with Gasteiger partial charge in [-0.05, 0) is 86.8 Å². The smallest absolute Gasteiger partial charge is 0.162 e. The topological polar surface area (TPSA) is 63.1 Å². The van der Waals surface area contributed by atoms with Crippen LogP contribution < -0.4 is 0 Å². The molecule has 0 aliphatic heterocycles. The number of carbonyl (C=O) groups is 1. The summed E-state index contributed by atoms with van der Waals surface area (Å²) in [5.74, 6) is 4.03. The van der Waals surface area contributed by atoms with Gasteiger partial charge in [0.1, 0.15) is 0 Å². The minimum Gasteiger partial charge on any atom is -0.512 e. The maximum Gasteiger partial charge on any atom is 0.162 e. The van der Waals surface area contributed by atoms with Gasteiger partial charge in [-0.1, -0.05) is 86.6 Å². The summed E-state index contributed by atoms with van der Waals surface area (Å²) in [6, 6.07) is 14.4. The van der Waals surface area contributed by atoms with Crippen molar-refractivity contribution in [1.29, 1.82) is 0 Å². The Bertz CT molecular complexity index is 1470. The van der Waals surface area contributed by atoms with E-state index < -0.39 is 0 Å². The molecule has 0 saturated heterocycles. The maximum atomic E-state index is 12.2. The van der Waals surface area contributed by atoms with Gasteiger partial charge in [-0.25, -0.2) is 0 Å². The van der Waals surface area contributed by atoms with Crippen LogP contribution in [-0.4, -0.2) is 20.9 Å². The van der Waals surface area contributed by atoms with Crippen LogP contribution in [0.3, 0.4) is 0 Å². The number of allylic oxidation sites excluding steroid dienone is 2. The van der Waals surface area contributed by atoms with Crippen LogP contribution in [0.1, 0.15) is 134 Å². The van der Waals surface area contributed by atoms with Gasteiger partial charge in [0.15, 0.2) is 5.78 Å². The summed E-state index contributed by atoms with van der Waals surface area (Å²) in [5, 5.41) is 10.2. The second-order valence-corrected chi connectivity index (χ2v) is 15.0. The number of rotatable bonds is 5. The maximum absolute atomic E-state index is 12.2. The number of aliphatic hydroxyl groups is 1. The minimum atomic E-state index is 0. The third kappa shape index (κ3) is 10.6. The van der Waals surface area contributed by atoms with E-state index in [9.17, 15) is 9.90 Å². The fourth-order valence-electron chi connectivity index (χ4n) is 7.77. The number of hydrogen-bond acceptors (Lipinski definition) is 4. The number of carbonyl (C=O) groups excluding carboxylic acids is 1. The van der Waals surface area contributed by atoms with E-state index in [1.165, 1.54) is 49.7 Å². The van der Waals surface area contributed by atoms with Gasteiger partial charge in [0.25, 0.3) is 0 Å². The molecule has 4 nitrogen and oxygen atoms in total. The first kappa shape index (κ1) is 39.1. The molecule has 0 bridgehead atoms. The van der Waals surface area contributed by atoms with Gasteiger partial charge in [-0.15, -0.1) is 34.9 Å². The Hall–Kier alpha value is -2.36. The second kappa shape index (κ2) is 17.9. The molecule has 6 rings (SSSR count). The van der Waals surface area contributed by atoms with Gasteiger partial charge in [-0.3, -0.25) is 14.8 Å². The van der Waals surface area contributed by atoms with Crippen LogP contribution in [0.2, 0.25) is 0 Å². The molecule has 1 aromatic heterocycles. The summed E-state index contributed by atoms with van der Waals surface area (Å²) < 4.78 is 0. The van der Waals surface area contributed by atoms with Crippen LogP contribution in [-0.2, 0) is 24.9 Å². The molecule has 0 atom stereocenters. The van der Waals surface area contributed by atoms with Crippen molar-refractivity contribution in [2.45, 2.75) is 132 Å². The van der Waals surface area contributed by atoms with Gasteiger partial charge in [0.2, 0.25) is 0 Å². The van der Waals surface area contributed by atoms with Crippen molar-refractivity contribution in [1.82, 2.24) is 9.97 Å². The van der Waals surface area contributed by atoms with E-state index in [4.69, 9.17) is 9.97 Å². The van der Waals surface area contributed by atoms with Gasteiger partial charge >= 0.3 is 0 Å². The number of ketones is 1. The minimum absolute atomic E-state index is 0. The number of aryl methyl sites for hydroxylation is 3. The summed E-state index contributed by atoms with van der Waals surface area (Å²) in [6.45, 7) is 13.2. The average molecular weight is 816 g/mol. The van der Waals surface area contributed by atoms with Crippen LogP contribution in [0.15, 0.2) is 42.2 Å². The zero-order valence-corrected chi connectivity index (χ0v) is 31.4. The van der Waals surface area contributed by atoms with E-state index in [1.807, 2.05) is 6.92 Å². The molecule has 0 amide bonds. The van der Waals surface area contributed by atoms with Crippen molar-refractivity contribution in [2.75, 3.05) is 0 Å². The Labute approximate surface area is 299 Å². The monoisotopic (exact) mass is 816 g/mol. The summed E-state index contributed by atoms with van der Waals surface area (Å²) in [4.78, 5) is 22.0. The van der Waals surface area contributed by atoms with E-state index in [0.717, 1.165) is 89.8 Å². The van der Waals surface area contributed by atoms with E-state index in [-0.39, 0.29) is 45.2 Å². The Morgan fingerprint density at radius 1 is 0.745 bits per heavy atom. The predicted octanol–water partition coefficient (Wildman–Crippen LogP) is 11.6. The first-order valence-electron chi connectivity index (χ1n) is 17.8. The van der Waals surface area contributed by atoms with E-state index >= 15 is 0 Å². The third-order valence-corrected chi connectivity index (χ3v) is 10.9. The summed E-state index contributed by atoms with van der Waals surface area (Å²) in [6.07, 6.45) is 15.6. The van der Waals surface area contributed by atoms with Crippen LogP contribution in [0.5, 0.6) is 0 Å². The predicted molar refractivity (Wildman–Crippen MR) is 193 cm³/mol. The number of aromatic nitrogens is 2. The molecule has 5 heteroatoms. The summed E-state index contributed by atoms with van der Waals surface area (Å²) >= 11 is 0. The molecular weight excluding hydrogens is 757 g/mol. The Morgan fingerprint density at radius 3 is 1.87 bits per heavy atom. The zero-order valence-electron chi connectivity index (χ0n) is 29.0. The molecule has 0 spiro atoms. The van der Waals surface area contributed by atoms with Crippen molar-refractivity contribution in [3.63, 3.8) is 0 Å². The fourth-order valence-corrected chi connectivity index (χ4v) is 7.77. The first-order chi connectivity index (χ1) is 21.5. The van der Waals surface area contributed by atoms with Crippen molar-refractivity contribution in [3.8, 4) is 11.3 Å². The van der Waals surface area contributed by atoms with Crippen LogP contribution in [0.25, 0.3) is 22.3 Å². The van der Waals surface area contributed by atoms with E-state index in [1.54, 1.807) is 6.08 Å². The molecule has 1 heterocycles. The standard InChI is InChI=1S/C24H27N2.C17H28O2.CH4.Ir/c1-15-5-7-19(8-6-15)20-9-10-22-23(14-20)26-24(18(4)25-22)21-12-16(2)11-17(3)13-21;1-12-3-7-14(8-4-12)16(18)11-17(19)15-9-5-13(2)6-10-15;;/h9-12,14-15,19H,5-8H2,1-4H3;11-15,18H,3-10H2,1-2H3;1H4;/q-1;;;. The Balaban J connectivity index is 0.000000257. The molecule has 0 unspecified atom stereocenters. The number of nitrogens with zero attached hydrogens (tertiary/aromatic N) is 2. The average Bonchev–Trinajstić information content (AvgIpc) is 3.01. The molecule has 47 heavy (non-hydrogen) atoms. The van der Waals surface area contributed by atoms with Gasteiger partial charge in [-0.2, -0.15) is 0 Å². The van der Waals surface area contributed by atoms with Crippen LogP contribution >= 0.6 is 0 Å². The van der Waals surface area contributed by atoms with Crippen molar-refractivity contribution < 1.29 is 30.0 Å². The third-order valence-electron chi connectivity index (χ3n) is 10.9. The molecule has 3 saturated carbocycles. The number of fused-ring (bicyclic) bond motifs is 1. The van der Waals surface area contributed by atoms with Crippen molar-refractivity contribution in [3.05, 3.63) is 70.6 Å². The summed E-state index contributed by atoms with van der Waals surface area (Å²) in [5.41, 5.74) is 8.78. The molecule has 1 radical (unpaired) electrons. The molecule has 1 N–H and O–H groups in total. The largest absolute Gasteiger partial charge is 0.512 e. The quantitative estimate of drug-likeness (QED) is 0.158. The molecule has 3 aliphatic carbocycles. The molecule has 3 fully saturated rings. The van der Waals surface area contributed by atoms with Gasteiger partial charge < -0.3 is 5.11 Å². The first-order valence-corrected chi connectivity index (χ1v) is 17.8. The van der Waals surface area contributed by atoms with Crippen LogP contribution in [0.4, 0.5) is 0 Å². The molecular formula is C42H59IrN2O2-. The second-order valence-electron chi connectivity index (χ2n) is 15.0. The van der Waals surface area contributed by atoms with Gasteiger partial charge in [0, 0.05) is 49.4 Å². The normalized spacial score (nSPS) is 26.3. The Morgan fingerprint density at radius 2 is 1.30 bits per heavy atom. The van der Waals surface area contributed by atoms with E-state index in [2.05, 4.69) is 71.0 Å². The number of aliphatic hydroxyl groups excluding tert-OH is 1. The SMILES string of the molecule is C.CC1CCC(C(=O)C=C(O)C2CCC(C)CC2)CC1.Cc1[c-]c(-c2nc3cc(C4CCC(C)CC4)ccc3nc2C)cc(C)c1.[Ir].